The second kappa shape index (κ2) is 5.72. The maximum Gasteiger partial charge on any atom is 0.119 e. The normalized spacial score (nSPS) is 17.6. The first-order valence-electron chi connectivity index (χ1n) is 6.47. The molecule has 0 aromatic heterocycles. The second-order valence-corrected chi connectivity index (χ2v) is 4.65. The molecule has 2 heteroatoms. The Labute approximate surface area is 103 Å². The molecule has 1 aliphatic rings. The predicted octanol–water partition coefficient (Wildman–Crippen LogP) is 3.88. The lowest BCUT2D eigenvalue weighted by atomic mass is 9.86. The Morgan fingerprint density at radius 2 is 1.94 bits per heavy atom. The topological polar surface area (TPSA) is 33.0 Å². The molecule has 0 saturated heterocycles. The van der Waals surface area contributed by atoms with Crippen molar-refractivity contribution in [1.82, 2.24) is 0 Å². The molecule has 1 aromatic rings. The van der Waals surface area contributed by atoms with E-state index in [0.717, 1.165) is 11.3 Å². The van der Waals surface area contributed by atoms with Gasteiger partial charge in [0.15, 0.2) is 0 Å². The summed E-state index contributed by atoms with van der Waals surface area (Å²) in [5.41, 5.74) is 1.14. The monoisotopic (exact) mass is 229 g/mol. The van der Waals surface area contributed by atoms with E-state index in [4.69, 9.17) is 4.74 Å². The van der Waals surface area contributed by atoms with Gasteiger partial charge in [-0.05, 0) is 43.4 Å². The van der Waals surface area contributed by atoms with Crippen LogP contribution in [0.5, 0.6) is 5.75 Å². The molecule has 0 amide bonds. The van der Waals surface area contributed by atoms with Gasteiger partial charge in [0.2, 0.25) is 0 Å². The highest BCUT2D eigenvalue weighted by Gasteiger charge is 2.26. The zero-order chi connectivity index (χ0) is 12.1. The molecule has 1 fully saturated rings. The first-order valence-corrected chi connectivity index (χ1v) is 6.47. The Balaban J connectivity index is 2.11. The van der Waals surface area contributed by atoms with Crippen LogP contribution in [-0.2, 0) is 0 Å². The third-order valence-electron chi connectivity index (χ3n) is 3.56. The van der Waals surface area contributed by atoms with Gasteiger partial charge >= 0.3 is 0 Å². The second-order valence-electron chi connectivity index (χ2n) is 4.65. The number of nitriles is 1. The number of hydrogen-bond acceptors (Lipinski definition) is 2. The summed E-state index contributed by atoms with van der Waals surface area (Å²) in [6, 6.07) is 10.5. The number of rotatable bonds is 4. The van der Waals surface area contributed by atoms with Gasteiger partial charge in [-0.1, -0.05) is 25.0 Å². The van der Waals surface area contributed by atoms with Crippen molar-refractivity contribution in [1.29, 1.82) is 5.26 Å². The van der Waals surface area contributed by atoms with E-state index in [1.54, 1.807) is 0 Å². The van der Waals surface area contributed by atoms with E-state index in [0.29, 0.717) is 12.5 Å². The van der Waals surface area contributed by atoms with Crippen LogP contribution in [0.1, 0.15) is 44.1 Å². The van der Waals surface area contributed by atoms with Crippen LogP contribution < -0.4 is 4.74 Å². The van der Waals surface area contributed by atoms with Crippen LogP contribution in [0.3, 0.4) is 0 Å². The van der Waals surface area contributed by atoms with E-state index in [1.165, 1.54) is 25.7 Å². The average Bonchev–Trinajstić information content (AvgIpc) is 2.86. The molecular formula is C15H19NO. The van der Waals surface area contributed by atoms with Crippen LogP contribution in [0.15, 0.2) is 24.3 Å². The fourth-order valence-corrected chi connectivity index (χ4v) is 2.68. The molecule has 2 nitrogen and oxygen atoms in total. The van der Waals surface area contributed by atoms with Gasteiger partial charge in [-0.15, -0.1) is 0 Å². The molecule has 1 atom stereocenters. The Bertz CT molecular complexity index is 384. The van der Waals surface area contributed by atoms with Crippen LogP contribution in [-0.4, -0.2) is 6.61 Å². The summed E-state index contributed by atoms with van der Waals surface area (Å²) in [5.74, 6) is 1.51. The SMILES string of the molecule is CCOc1ccc(C(C#N)C2CCCC2)cc1. The third-order valence-corrected chi connectivity index (χ3v) is 3.56. The molecule has 0 aliphatic heterocycles. The summed E-state index contributed by atoms with van der Waals surface area (Å²) in [6.45, 7) is 2.66. The van der Waals surface area contributed by atoms with Crippen LogP contribution in [0.2, 0.25) is 0 Å². The van der Waals surface area contributed by atoms with E-state index < -0.39 is 0 Å². The van der Waals surface area contributed by atoms with Gasteiger partial charge in [-0.25, -0.2) is 0 Å². The van der Waals surface area contributed by atoms with Gasteiger partial charge in [0.1, 0.15) is 5.75 Å². The Kier molecular flexibility index (Phi) is 4.03. The Hall–Kier alpha value is -1.49. The first-order chi connectivity index (χ1) is 8.35. The Morgan fingerprint density at radius 3 is 2.47 bits per heavy atom. The van der Waals surface area contributed by atoms with Crippen molar-refractivity contribution in [2.45, 2.75) is 38.5 Å². The average molecular weight is 229 g/mol. The van der Waals surface area contributed by atoms with Crippen molar-refractivity contribution in [3.63, 3.8) is 0 Å². The van der Waals surface area contributed by atoms with E-state index in [1.807, 2.05) is 31.2 Å². The molecule has 1 aromatic carbocycles. The standard InChI is InChI=1S/C15H19NO/c1-2-17-14-9-7-13(8-10-14)15(11-16)12-5-3-4-6-12/h7-10,12,15H,2-6H2,1H3. The summed E-state index contributed by atoms with van der Waals surface area (Å²) in [7, 11) is 0. The van der Waals surface area contributed by atoms with E-state index in [9.17, 15) is 5.26 Å². The molecule has 2 rings (SSSR count). The van der Waals surface area contributed by atoms with E-state index in [2.05, 4.69) is 6.07 Å². The van der Waals surface area contributed by atoms with Crippen molar-refractivity contribution in [3.8, 4) is 11.8 Å². The van der Waals surface area contributed by atoms with Crippen molar-refractivity contribution >= 4 is 0 Å². The summed E-state index contributed by atoms with van der Waals surface area (Å²) in [5, 5.41) is 9.33. The number of benzene rings is 1. The molecule has 1 unspecified atom stereocenters. The molecule has 0 bridgehead atoms. The lowest BCUT2D eigenvalue weighted by Gasteiger charge is -2.16. The van der Waals surface area contributed by atoms with Crippen LogP contribution in [0.4, 0.5) is 0 Å². The molecule has 17 heavy (non-hydrogen) atoms. The molecule has 1 saturated carbocycles. The zero-order valence-corrected chi connectivity index (χ0v) is 10.4. The van der Waals surface area contributed by atoms with Crippen molar-refractivity contribution in [3.05, 3.63) is 29.8 Å². The lowest BCUT2D eigenvalue weighted by Crippen LogP contribution is -2.07. The van der Waals surface area contributed by atoms with Gasteiger partial charge in [-0.2, -0.15) is 5.26 Å². The first kappa shape index (κ1) is 12.0. The van der Waals surface area contributed by atoms with Gasteiger partial charge in [0.25, 0.3) is 0 Å². The van der Waals surface area contributed by atoms with E-state index >= 15 is 0 Å². The van der Waals surface area contributed by atoms with Crippen molar-refractivity contribution < 1.29 is 4.74 Å². The Morgan fingerprint density at radius 1 is 1.29 bits per heavy atom. The number of nitrogens with zero attached hydrogens (tertiary/aromatic N) is 1. The highest BCUT2D eigenvalue weighted by atomic mass is 16.5. The lowest BCUT2D eigenvalue weighted by molar-refractivity contribution is 0.340. The zero-order valence-electron chi connectivity index (χ0n) is 10.4. The molecular weight excluding hydrogens is 210 g/mol. The summed E-state index contributed by atoms with van der Waals surface area (Å²) < 4.78 is 5.42. The van der Waals surface area contributed by atoms with E-state index in [-0.39, 0.29) is 5.92 Å². The molecule has 0 radical (unpaired) electrons. The minimum absolute atomic E-state index is 0.0631. The van der Waals surface area contributed by atoms with Crippen molar-refractivity contribution in [2.75, 3.05) is 6.61 Å². The molecule has 1 aliphatic carbocycles. The summed E-state index contributed by atoms with van der Waals surface area (Å²) in [6.07, 6.45) is 4.95. The van der Waals surface area contributed by atoms with Gasteiger partial charge in [0, 0.05) is 0 Å². The fraction of sp³-hybridized carbons (Fsp3) is 0.533. The maximum absolute atomic E-state index is 9.33. The minimum Gasteiger partial charge on any atom is -0.494 e. The smallest absolute Gasteiger partial charge is 0.119 e. The largest absolute Gasteiger partial charge is 0.494 e. The quantitative estimate of drug-likeness (QED) is 0.784. The molecule has 0 heterocycles. The number of ether oxygens (including phenoxy) is 1. The summed E-state index contributed by atoms with van der Waals surface area (Å²) in [4.78, 5) is 0. The molecule has 0 spiro atoms. The van der Waals surface area contributed by atoms with Crippen molar-refractivity contribution in [2.24, 2.45) is 5.92 Å². The van der Waals surface area contributed by atoms with Crippen LogP contribution in [0.25, 0.3) is 0 Å². The molecule has 90 valence electrons. The van der Waals surface area contributed by atoms with Gasteiger partial charge in [0.05, 0.1) is 18.6 Å². The van der Waals surface area contributed by atoms with Crippen LogP contribution in [0, 0.1) is 17.2 Å². The maximum atomic E-state index is 9.33. The minimum atomic E-state index is 0.0631. The predicted molar refractivity (Wildman–Crippen MR) is 67.9 cm³/mol. The highest BCUT2D eigenvalue weighted by molar-refractivity contribution is 5.32. The third kappa shape index (κ3) is 2.79. The van der Waals surface area contributed by atoms with Crippen LogP contribution >= 0.6 is 0 Å². The summed E-state index contributed by atoms with van der Waals surface area (Å²) >= 11 is 0. The van der Waals surface area contributed by atoms with Gasteiger partial charge < -0.3 is 4.74 Å². The fourth-order valence-electron chi connectivity index (χ4n) is 2.68. The highest BCUT2D eigenvalue weighted by Crippen LogP contribution is 2.37. The number of hydrogen-bond donors (Lipinski definition) is 0. The van der Waals surface area contributed by atoms with Gasteiger partial charge in [-0.3, -0.25) is 0 Å². The molecule has 0 N–H and O–H groups in total.